The molecule has 0 aliphatic rings. The second kappa shape index (κ2) is 4.74. The number of hydrogen-bond donors (Lipinski definition) is 1. The number of rotatable bonds is 2. The highest BCUT2D eigenvalue weighted by molar-refractivity contribution is 5.62. The zero-order valence-electron chi connectivity index (χ0n) is 9.58. The third-order valence-electron chi connectivity index (χ3n) is 2.64. The topological polar surface area (TPSA) is 45.1 Å². The second-order valence-corrected chi connectivity index (χ2v) is 3.69. The molecule has 0 aliphatic heterocycles. The summed E-state index contributed by atoms with van der Waals surface area (Å²) in [5.74, 6) is 0. The molecule has 86 valence electrons. The van der Waals surface area contributed by atoms with Gasteiger partial charge in [0.15, 0.2) is 24.8 Å². The Bertz CT molecular complexity index is 518. The van der Waals surface area contributed by atoms with Gasteiger partial charge >= 0.3 is 6.09 Å². The van der Waals surface area contributed by atoms with Gasteiger partial charge in [-0.2, -0.15) is 4.79 Å². The number of aromatic nitrogens is 2. The van der Waals surface area contributed by atoms with Crippen molar-refractivity contribution in [2.75, 3.05) is 0 Å². The lowest BCUT2D eigenvalue weighted by molar-refractivity contribution is -0.693. The summed E-state index contributed by atoms with van der Waals surface area (Å²) in [5, 5.41) is 8.77. The van der Waals surface area contributed by atoms with Crippen molar-refractivity contribution >= 4 is 6.09 Å². The van der Waals surface area contributed by atoms with E-state index in [4.69, 9.17) is 5.11 Å². The molecule has 0 saturated carbocycles. The summed E-state index contributed by atoms with van der Waals surface area (Å²) >= 11 is 0. The quantitative estimate of drug-likeness (QED) is 0.794. The molecule has 0 spiro atoms. The minimum Gasteiger partial charge on any atom is -0.427 e. The van der Waals surface area contributed by atoms with E-state index in [1.807, 2.05) is 24.5 Å². The van der Waals surface area contributed by atoms with Gasteiger partial charge in [-0.15, -0.1) is 0 Å². The summed E-state index contributed by atoms with van der Waals surface area (Å²) in [6, 6.07) is 7.62. The van der Waals surface area contributed by atoms with E-state index in [1.165, 1.54) is 0 Å². The zero-order valence-corrected chi connectivity index (χ0v) is 9.58. The predicted octanol–water partition coefficient (Wildman–Crippen LogP) is 1.47. The molecule has 2 rings (SSSR count). The fraction of sp³-hybridized carbons (Fsp3) is 0.154. The molecule has 0 bridgehead atoms. The van der Waals surface area contributed by atoms with E-state index in [1.54, 1.807) is 24.5 Å². The molecule has 4 heteroatoms. The summed E-state index contributed by atoms with van der Waals surface area (Å²) < 4.78 is 3.20. The van der Waals surface area contributed by atoms with Gasteiger partial charge in [-0.05, 0) is 18.1 Å². The van der Waals surface area contributed by atoms with E-state index < -0.39 is 6.09 Å². The number of hydrogen-bond acceptors (Lipinski definition) is 1. The van der Waals surface area contributed by atoms with Crippen LogP contribution in [-0.4, -0.2) is 11.2 Å². The number of pyridine rings is 2. The Morgan fingerprint density at radius 2 is 1.53 bits per heavy atom. The van der Waals surface area contributed by atoms with Gasteiger partial charge in [-0.1, -0.05) is 4.57 Å². The van der Waals surface area contributed by atoms with Gasteiger partial charge in [0.1, 0.15) is 6.54 Å². The van der Waals surface area contributed by atoms with Gasteiger partial charge in [0.2, 0.25) is 0 Å². The van der Waals surface area contributed by atoms with Gasteiger partial charge in [0, 0.05) is 24.3 Å². The maximum atomic E-state index is 10.7. The minimum atomic E-state index is -0.978. The molecular weight excluding hydrogens is 216 g/mol. The van der Waals surface area contributed by atoms with Crippen molar-refractivity contribution in [2.24, 2.45) is 0 Å². The first kappa shape index (κ1) is 11.3. The summed E-state index contributed by atoms with van der Waals surface area (Å²) in [7, 11) is 0. The molecule has 0 atom stereocenters. The fourth-order valence-corrected chi connectivity index (χ4v) is 1.61. The molecule has 0 saturated heterocycles. The molecule has 2 heterocycles. The Balaban J connectivity index is 2.29. The van der Waals surface area contributed by atoms with Gasteiger partial charge in [0.05, 0.1) is 0 Å². The van der Waals surface area contributed by atoms with Crippen LogP contribution in [-0.2, 0) is 6.54 Å². The molecule has 2 aromatic heterocycles. The van der Waals surface area contributed by atoms with Crippen LogP contribution in [0, 0.1) is 0 Å². The Labute approximate surface area is 99.4 Å². The van der Waals surface area contributed by atoms with Crippen LogP contribution in [0.25, 0.3) is 11.1 Å². The smallest absolute Gasteiger partial charge is 0.427 e. The maximum Gasteiger partial charge on any atom is 0.599 e. The van der Waals surface area contributed by atoms with Crippen molar-refractivity contribution in [3.63, 3.8) is 0 Å². The summed E-state index contributed by atoms with van der Waals surface area (Å²) in [4.78, 5) is 10.7. The number of carboxylic acid groups (broad SMARTS) is 1. The van der Waals surface area contributed by atoms with Crippen molar-refractivity contribution < 1.29 is 19.0 Å². The van der Waals surface area contributed by atoms with Crippen molar-refractivity contribution in [1.82, 2.24) is 0 Å². The van der Waals surface area contributed by atoms with E-state index in [0.29, 0.717) is 0 Å². The molecule has 0 fully saturated rings. The van der Waals surface area contributed by atoms with Crippen LogP contribution in [0.1, 0.15) is 6.92 Å². The van der Waals surface area contributed by atoms with E-state index in [9.17, 15) is 4.79 Å². The van der Waals surface area contributed by atoms with Crippen LogP contribution in [0.4, 0.5) is 4.79 Å². The molecule has 0 amide bonds. The van der Waals surface area contributed by atoms with E-state index >= 15 is 0 Å². The van der Waals surface area contributed by atoms with E-state index in [0.717, 1.165) is 22.2 Å². The highest BCUT2D eigenvalue weighted by atomic mass is 16.4. The lowest BCUT2D eigenvalue weighted by Gasteiger charge is -1.98. The summed E-state index contributed by atoms with van der Waals surface area (Å²) in [6.07, 6.45) is 6.12. The van der Waals surface area contributed by atoms with Crippen LogP contribution in [0.5, 0.6) is 0 Å². The van der Waals surface area contributed by atoms with E-state index in [2.05, 4.69) is 11.5 Å². The second-order valence-electron chi connectivity index (χ2n) is 3.69. The summed E-state index contributed by atoms with van der Waals surface area (Å²) in [5.41, 5.74) is 2.08. The molecule has 0 unspecified atom stereocenters. The monoisotopic (exact) mass is 230 g/mol. The average molecular weight is 230 g/mol. The third-order valence-corrected chi connectivity index (χ3v) is 2.64. The summed E-state index contributed by atoms with van der Waals surface area (Å²) in [6.45, 7) is 3.02. The first-order valence-electron chi connectivity index (χ1n) is 5.45. The Hall–Kier alpha value is -2.23. The molecule has 1 N–H and O–H groups in total. The first-order valence-corrected chi connectivity index (χ1v) is 5.45. The van der Waals surface area contributed by atoms with Crippen molar-refractivity contribution in [2.45, 2.75) is 13.5 Å². The number of carbonyl (C=O) groups is 1. The van der Waals surface area contributed by atoms with E-state index in [-0.39, 0.29) is 0 Å². The normalized spacial score (nSPS) is 10.2. The van der Waals surface area contributed by atoms with Crippen molar-refractivity contribution in [3.05, 3.63) is 49.1 Å². The maximum absolute atomic E-state index is 10.7. The lowest BCUT2D eigenvalue weighted by Crippen LogP contribution is -2.40. The molecule has 0 aromatic carbocycles. The Kier molecular flexibility index (Phi) is 3.14. The molecule has 0 aliphatic carbocycles. The zero-order chi connectivity index (χ0) is 12.3. The largest absolute Gasteiger partial charge is 0.599 e. The highest BCUT2D eigenvalue weighted by Crippen LogP contribution is 2.15. The number of aryl methyl sites for hydroxylation is 1. The van der Waals surface area contributed by atoms with Crippen LogP contribution >= 0.6 is 0 Å². The predicted molar refractivity (Wildman–Crippen MR) is 61.4 cm³/mol. The molecule has 17 heavy (non-hydrogen) atoms. The highest BCUT2D eigenvalue weighted by Gasteiger charge is 2.10. The van der Waals surface area contributed by atoms with Crippen LogP contribution < -0.4 is 9.13 Å². The molecule has 2 aromatic rings. The van der Waals surface area contributed by atoms with Crippen LogP contribution in [0.3, 0.4) is 0 Å². The fourth-order valence-electron chi connectivity index (χ4n) is 1.61. The van der Waals surface area contributed by atoms with Crippen molar-refractivity contribution in [1.29, 1.82) is 0 Å². The third kappa shape index (κ3) is 2.47. The standard InChI is InChI=1S/C13H13N2O2/c1-2-14-7-3-11(4-8-14)12-5-9-15(10-6-12)13(16)17/h3-10H,2H2,1H3/q+1/p+1. The molecular formula is C13H14N2O2+2. The van der Waals surface area contributed by atoms with Crippen LogP contribution in [0.2, 0.25) is 0 Å². The first-order chi connectivity index (χ1) is 8.20. The van der Waals surface area contributed by atoms with Gasteiger partial charge in [0.25, 0.3) is 0 Å². The lowest BCUT2D eigenvalue weighted by atomic mass is 10.1. The average Bonchev–Trinajstić information content (AvgIpc) is 2.39. The Morgan fingerprint density at radius 3 is 1.94 bits per heavy atom. The minimum absolute atomic E-state index is 0.939. The van der Waals surface area contributed by atoms with Crippen molar-refractivity contribution in [3.8, 4) is 11.1 Å². The molecule has 4 nitrogen and oxygen atoms in total. The van der Waals surface area contributed by atoms with Crippen LogP contribution in [0.15, 0.2) is 49.1 Å². The SMILES string of the molecule is CC[n+]1ccc(-c2cc[n+](C(=O)O)cc2)cc1. The van der Waals surface area contributed by atoms with Gasteiger partial charge in [-0.25, -0.2) is 4.57 Å². The number of nitrogens with zero attached hydrogens (tertiary/aromatic N) is 2. The molecule has 0 radical (unpaired) electrons. The van der Waals surface area contributed by atoms with Gasteiger partial charge in [-0.3, -0.25) is 0 Å². The van der Waals surface area contributed by atoms with Gasteiger partial charge < -0.3 is 5.11 Å². The Morgan fingerprint density at radius 1 is 1.06 bits per heavy atom.